The highest BCUT2D eigenvalue weighted by Crippen LogP contribution is 2.36. The molecule has 2 aliphatic rings. The summed E-state index contributed by atoms with van der Waals surface area (Å²) >= 11 is 0. The number of piperazine rings is 1. The van der Waals surface area contributed by atoms with Gasteiger partial charge in [-0.2, -0.15) is 0 Å². The van der Waals surface area contributed by atoms with Crippen LogP contribution in [0.4, 0.5) is 10.5 Å². The molecule has 3 aromatic carbocycles. The highest BCUT2D eigenvalue weighted by atomic mass is 16.6. The summed E-state index contributed by atoms with van der Waals surface area (Å²) in [7, 11) is 0. The van der Waals surface area contributed by atoms with Gasteiger partial charge in [0.05, 0.1) is 6.54 Å². The number of hydrogen-bond donors (Lipinski definition) is 1. The molecule has 2 saturated heterocycles. The molecule has 0 spiro atoms. The van der Waals surface area contributed by atoms with E-state index in [0.29, 0.717) is 43.0 Å². The standard InChI is InChI=1S/C31H32N4O5/c1-21-11-13-24(14-12-21)29(37)32-26-10-6-9-25(19-26)28-27(30(38)34-17-15-33(16-18-34)22(2)36)35(31(39)40-28)20-23-7-4-3-5-8-23/h3-14,19,27-28H,15-18,20H2,1-2H3,(H,32,37). The Balaban J connectivity index is 1.41. The second-order valence-corrected chi connectivity index (χ2v) is 10.1. The van der Waals surface area contributed by atoms with Crippen molar-refractivity contribution < 1.29 is 23.9 Å². The number of nitrogens with one attached hydrogen (secondary N) is 1. The van der Waals surface area contributed by atoms with E-state index in [9.17, 15) is 19.2 Å². The molecule has 2 fully saturated rings. The van der Waals surface area contributed by atoms with Gasteiger partial charge in [0, 0.05) is 44.4 Å². The molecule has 206 valence electrons. The molecule has 2 unspecified atom stereocenters. The van der Waals surface area contributed by atoms with E-state index >= 15 is 0 Å². The number of ether oxygens (including phenoxy) is 1. The van der Waals surface area contributed by atoms with E-state index in [0.717, 1.165) is 11.1 Å². The molecule has 2 aliphatic heterocycles. The molecule has 0 aromatic heterocycles. The monoisotopic (exact) mass is 540 g/mol. The normalized spacial score (nSPS) is 18.9. The Kier molecular flexibility index (Phi) is 7.82. The number of carbonyl (C=O) groups is 4. The Morgan fingerprint density at radius 2 is 1.55 bits per heavy atom. The zero-order chi connectivity index (χ0) is 28.2. The summed E-state index contributed by atoms with van der Waals surface area (Å²) in [4.78, 5) is 56.6. The zero-order valence-corrected chi connectivity index (χ0v) is 22.6. The minimum Gasteiger partial charge on any atom is -0.438 e. The number of hydrogen-bond acceptors (Lipinski definition) is 5. The fourth-order valence-corrected chi connectivity index (χ4v) is 5.10. The van der Waals surface area contributed by atoms with Crippen molar-refractivity contribution in [2.75, 3.05) is 31.5 Å². The van der Waals surface area contributed by atoms with Crippen molar-refractivity contribution in [1.82, 2.24) is 14.7 Å². The van der Waals surface area contributed by atoms with Gasteiger partial charge in [-0.3, -0.25) is 19.3 Å². The van der Waals surface area contributed by atoms with Crippen LogP contribution in [-0.4, -0.2) is 70.7 Å². The molecule has 0 aliphatic carbocycles. The van der Waals surface area contributed by atoms with Crippen LogP contribution in [0.1, 0.15) is 40.1 Å². The van der Waals surface area contributed by atoms with Gasteiger partial charge in [-0.05, 0) is 42.3 Å². The molecule has 9 heteroatoms. The van der Waals surface area contributed by atoms with Crippen LogP contribution in [0.3, 0.4) is 0 Å². The van der Waals surface area contributed by atoms with Gasteiger partial charge in [0.1, 0.15) is 0 Å². The van der Waals surface area contributed by atoms with Gasteiger partial charge in [0.25, 0.3) is 5.91 Å². The largest absolute Gasteiger partial charge is 0.438 e. The topological polar surface area (TPSA) is 99.3 Å². The molecule has 40 heavy (non-hydrogen) atoms. The van der Waals surface area contributed by atoms with E-state index in [1.54, 1.807) is 46.2 Å². The third-order valence-corrected chi connectivity index (χ3v) is 7.36. The molecule has 2 heterocycles. The molecule has 5 rings (SSSR count). The quantitative estimate of drug-likeness (QED) is 0.510. The van der Waals surface area contributed by atoms with E-state index in [2.05, 4.69) is 5.32 Å². The number of rotatable bonds is 6. The van der Waals surface area contributed by atoms with Crippen LogP contribution >= 0.6 is 0 Å². The average Bonchev–Trinajstić information content (AvgIpc) is 3.29. The van der Waals surface area contributed by atoms with Crippen molar-refractivity contribution in [2.24, 2.45) is 0 Å². The molecule has 9 nitrogen and oxygen atoms in total. The first-order chi connectivity index (χ1) is 19.3. The maximum absolute atomic E-state index is 14.0. The van der Waals surface area contributed by atoms with Gasteiger partial charge in [-0.15, -0.1) is 0 Å². The molecule has 3 aromatic rings. The fraction of sp³-hybridized carbons (Fsp3) is 0.290. The first kappa shape index (κ1) is 26.9. The lowest BCUT2D eigenvalue weighted by Gasteiger charge is -2.37. The van der Waals surface area contributed by atoms with Gasteiger partial charge >= 0.3 is 6.09 Å². The third kappa shape index (κ3) is 5.83. The third-order valence-electron chi connectivity index (χ3n) is 7.36. The van der Waals surface area contributed by atoms with Crippen molar-refractivity contribution in [3.05, 3.63) is 101 Å². The highest BCUT2D eigenvalue weighted by molar-refractivity contribution is 6.04. The summed E-state index contributed by atoms with van der Waals surface area (Å²) in [5, 5.41) is 2.90. The van der Waals surface area contributed by atoms with Crippen LogP contribution in [0.15, 0.2) is 78.9 Å². The van der Waals surface area contributed by atoms with E-state index in [4.69, 9.17) is 4.74 Å². The number of carbonyl (C=O) groups excluding carboxylic acids is 4. The molecule has 1 N–H and O–H groups in total. The summed E-state index contributed by atoms with van der Waals surface area (Å²) < 4.78 is 5.84. The van der Waals surface area contributed by atoms with Crippen LogP contribution in [0.5, 0.6) is 0 Å². The number of anilines is 1. The van der Waals surface area contributed by atoms with Crippen LogP contribution in [-0.2, 0) is 20.9 Å². The van der Waals surface area contributed by atoms with Crippen molar-refractivity contribution in [1.29, 1.82) is 0 Å². The first-order valence-electron chi connectivity index (χ1n) is 13.3. The van der Waals surface area contributed by atoms with Crippen molar-refractivity contribution in [3.8, 4) is 0 Å². The smallest absolute Gasteiger partial charge is 0.411 e. The van der Waals surface area contributed by atoms with Crippen LogP contribution in [0.2, 0.25) is 0 Å². The average molecular weight is 541 g/mol. The summed E-state index contributed by atoms with van der Waals surface area (Å²) in [5.41, 5.74) is 3.59. The Labute approximate surface area is 233 Å². The van der Waals surface area contributed by atoms with Gasteiger partial charge in [-0.25, -0.2) is 4.79 Å². The Morgan fingerprint density at radius 3 is 2.23 bits per heavy atom. The zero-order valence-electron chi connectivity index (χ0n) is 22.6. The fourth-order valence-electron chi connectivity index (χ4n) is 5.10. The van der Waals surface area contributed by atoms with E-state index in [-0.39, 0.29) is 24.3 Å². The highest BCUT2D eigenvalue weighted by Gasteiger charge is 2.48. The molecule has 0 radical (unpaired) electrons. The van der Waals surface area contributed by atoms with Gasteiger partial charge < -0.3 is 19.9 Å². The Hall–Kier alpha value is -4.66. The van der Waals surface area contributed by atoms with Crippen LogP contribution < -0.4 is 5.32 Å². The predicted molar refractivity (Wildman–Crippen MR) is 149 cm³/mol. The van der Waals surface area contributed by atoms with E-state index < -0.39 is 18.2 Å². The lowest BCUT2D eigenvalue weighted by Crippen LogP contribution is -2.55. The minimum atomic E-state index is -0.903. The molecular formula is C31H32N4O5. The maximum atomic E-state index is 14.0. The summed E-state index contributed by atoms with van der Waals surface area (Å²) in [6, 6.07) is 22.9. The number of cyclic esters (lactones) is 1. The van der Waals surface area contributed by atoms with Gasteiger partial charge in [-0.1, -0.05) is 60.2 Å². The SMILES string of the molecule is CC(=O)N1CCN(C(=O)C2C(c3cccc(NC(=O)c4ccc(C)cc4)c3)OC(=O)N2Cc2ccccc2)CC1. The number of aryl methyl sites for hydroxylation is 1. The second kappa shape index (κ2) is 11.6. The molecule has 0 saturated carbocycles. The lowest BCUT2D eigenvalue weighted by molar-refractivity contribution is -0.142. The number of nitrogens with zero attached hydrogens (tertiary/aromatic N) is 3. The second-order valence-electron chi connectivity index (χ2n) is 10.1. The minimum absolute atomic E-state index is 0.0282. The van der Waals surface area contributed by atoms with Crippen molar-refractivity contribution in [3.63, 3.8) is 0 Å². The Bertz CT molecular complexity index is 1400. The maximum Gasteiger partial charge on any atom is 0.411 e. The van der Waals surface area contributed by atoms with Crippen LogP contribution in [0.25, 0.3) is 0 Å². The van der Waals surface area contributed by atoms with Crippen molar-refractivity contribution in [2.45, 2.75) is 32.5 Å². The van der Waals surface area contributed by atoms with Gasteiger partial charge in [0.2, 0.25) is 11.8 Å². The number of benzene rings is 3. The van der Waals surface area contributed by atoms with E-state index in [1.807, 2.05) is 49.4 Å². The molecule has 2 atom stereocenters. The van der Waals surface area contributed by atoms with Crippen LogP contribution in [0, 0.1) is 6.92 Å². The van der Waals surface area contributed by atoms with Gasteiger partial charge in [0.15, 0.2) is 12.1 Å². The first-order valence-corrected chi connectivity index (χ1v) is 13.3. The lowest BCUT2D eigenvalue weighted by atomic mass is 9.99. The van der Waals surface area contributed by atoms with Crippen molar-refractivity contribution >= 4 is 29.5 Å². The summed E-state index contributed by atoms with van der Waals surface area (Å²) in [6.07, 6.45) is -1.45. The summed E-state index contributed by atoms with van der Waals surface area (Å²) in [5.74, 6) is -0.522. The Morgan fingerprint density at radius 1 is 0.875 bits per heavy atom. The number of amides is 4. The van der Waals surface area contributed by atoms with E-state index in [1.165, 1.54) is 11.8 Å². The summed E-state index contributed by atoms with van der Waals surface area (Å²) in [6.45, 7) is 5.31. The molecule has 0 bridgehead atoms. The molecular weight excluding hydrogens is 508 g/mol. The predicted octanol–water partition coefficient (Wildman–Crippen LogP) is 4.00. The molecule has 4 amide bonds.